The van der Waals surface area contributed by atoms with Gasteiger partial charge in [0.05, 0.1) is 25.4 Å². The lowest BCUT2D eigenvalue weighted by Gasteiger charge is -2.40. The second-order valence-electron chi connectivity index (χ2n) is 22.5. The van der Waals surface area contributed by atoms with E-state index >= 15 is 0 Å². The van der Waals surface area contributed by atoms with Crippen molar-refractivity contribution in [2.45, 2.75) is 333 Å². The molecular weight excluding hydrogens is 971 g/mol. The number of hydrogen-bond acceptors (Lipinski definition) is 8. The van der Waals surface area contributed by atoms with E-state index in [1.54, 1.807) is 0 Å². The lowest BCUT2D eigenvalue weighted by atomic mass is 9.99. The van der Waals surface area contributed by atoms with Gasteiger partial charge < -0.3 is 40.3 Å². The maximum atomic E-state index is 13.1. The first-order valence-corrected chi connectivity index (χ1v) is 32.8. The number of aliphatic hydroxyl groups excluding tert-OH is 5. The van der Waals surface area contributed by atoms with Gasteiger partial charge in [-0.3, -0.25) is 4.79 Å². The molecule has 1 rings (SSSR count). The standard InChI is InChI=1S/C69H123NO8/c1-3-5-7-9-11-13-15-17-19-20-21-22-23-24-25-26-27-28-29-30-31-32-33-34-35-36-37-38-39-40-41-42-43-44-45-47-49-51-53-55-57-59-65(73)70-62(61-77-69-68(76)67(75)66(74)64(60-71)78-69)63(72)58-56-54-52-50-48-46-18-16-14-12-10-8-6-4-2/h5,7,11,13,17,19,21-22,24-25,27-28,30-31,62-64,66-69,71-72,74-76H,3-4,6,8-10,12,14-16,18,20,23,26,29,32-61H2,1-2H3,(H,70,73)/b7-5-,13-11-,19-17-,22-21-,25-24-,28-27-,31-30-. The fourth-order valence-corrected chi connectivity index (χ4v) is 10.1. The van der Waals surface area contributed by atoms with E-state index < -0.39 is 49.5 Å². The quantitative estimate of drug-likeness (QED) is 0.0261. The first kappa shape index (κ1) is 73.4. The van der Waals surface area contributed by atoms with Crippen LogP contribution in [0.4, 0.5) is 0 Å². The molecule has 7 unspecified atom stereocenters. The molecule has 9 heteroatoms. The minimum absolute atomic E-state index is 0.137. The van der Waals surface area contributed by atoms with E-state index in [0.717, 1.165) is 83.5 Å². The van der Waals surface area contributed by atoms with Gasteiger partial charge >= 0.3 is 0 Å². The van der Waals surface area contributed by atoms with Crippen LogP contribution in [0.25, 0.3) is 0 Å². The van der Waals surface area contributed by atoms with Crippen LogP contribution in [-0.2, 0) is 14.3 Å². The zero-order valence-electron chi connectivity index (χ0n) is 50.4. The fourth-order valence-electron chi connectivity index (χ4n) is 10.1. The summed E-state index contributed by atoms with van der Waals surface area (Å²) in [7, 11) is 0. The summed E-state index contributed by atoms with van der Waals surface area (Å²) in [6.45, 7) is 3.74. The number of aliphatic hydroxyl groups is 5. The normalized spacial score (nSPS) is 19.2. The van der Waals surface area contributed by atoms with Gasteiger partial charge in [0, 0.05) is 6.42 Å². The Balaban J connectivity index is 2.05. The number of unbranched alkanes of at least 4 members (excludes halogenated alkanes) is 32. The van der Waals surface area contributed by atoms with Crippen LogP contribution in [0.2, 0.25) is 0 Å². The lowest BCUT2D eigenvalue weighted by Crippen LogP contribution is -2.60. The van der Waals surface area contributed by atoms with Crippen LogP contribution in [0.3, 0.4) is 0 Å². The molecule has 1 aliphatic rings. The van der Waals surface area contributed by atoms with Gasteiger partial charge in [0.15, 0.2) is 6.29 Å². The number of amides is 1. The van der Waals surface area contributed by atoms with Gasteiger partial charge in [0.2, 0.25) is 5.91 Å². The van der Waals surface area contributed by atoms with Crippen LogP contribution in [-0.4, -0.2) is 87.5 Å². The van der Waals surface area contributed by atoms with Gasteiger partial charge in [-0.2, -0.15) is 0 Å². The molecule has 78 heavy (non-hydrogen) atoms. The molecule has 0 aromatic heterocycles. The number of carbonyl (C=O) groups is 1. The van der Waals surface area contributed by atoms with E-state index in [2.05, 4.69) is 104 Å². The van der Waals surface area contributed by atoms with Crippen molar-refractivity contribution in [1.29, 1.82) is 0 Å². The Kier molecular flexibility index (Phi) is 54.2. The molecule has 0 aliphatic carbocycles. The van der Waals surface area contributed by atoms with E-state index in [1.807, 2.05) is 0 Å². The average molecular weight is 1090 g/mol. The number of allylic oxidation sites excluding steroid dienone is 14. The highest BCUT2D eigenvalue weighted by Crippen LogP contribution is 2.23. The maximum absolute atomic E-state index is 13.1. The van der Waals surface area contributed by atoms with E-state index in [1.165, 1.54) is 180 Å². The molecule has 0 radical (unpaired) electrons. The Bertz CT molecular complexity index is 1500. The summed E-state index contributed by atoms with van der Waals surface area (Å²) in [5, 5.41) is 54.7. The topological polar surface area (TPSA) is 149 Å². The van der Waals surface area contributed by atoms with Crippen molar-refractivity contribution in [3.8, 4) is 0 Å². The van der Waals surface area contributed by atoms with Crippen molar-refractivity contribution in [3.63, 3.8) is 0 Å². The Morgan fingerprint density at radius 1 is 0.449 bits per heavy atom. The molecule has 1 saturated heterocycles. The predicted octanol–water partition coefficient (Wildman–Crippen LogP) is 17.4. The molecule has 1 aliphatic heterocycles. The predicted molar refractivity (Wildman–Crippen MR) is 332 cm³/mol. The first-order valence-electron chi connectivity index (χ1n) is 32.8. The Hall–Kier alpha value is -2.63. The lowest BCUT2D eigenvalue weighted by molar-refractivity contribution is -0.302. The number of ether oxygens (including phenoxy) is 2. The van der Waals surface area contributed by atoms with Gasteiger partial charge in [0.1, 0.15) is 24.4 Å². The number of rotatable bonds is 56. The Morgan fingerprint density at radius 2 is 0.795 bits per heavy atom. The van der Waals surface area contributed by atoms with Crippen molar-refractivity contribution >= 4 is 5.91 Å². The largest absolute Gasteiger partial charge is 0.394 e. The van der Waals surface area contributed by atoms with Crippen molar-refractivity contribution in [1.82, 2.24) is 5.32 Å². The number of carbonyl (C=O) groups excluding carboxylic acids is 1. The van der Waals surface area contributed by atoms with Crippen LogP contribution < -0.4 is 5.32 Å². The van der Waals surface area contributed by atoms with E-state index in [0.29, 0.717) is 12.8 Å². The van der Waals surface area contributed by atoms with Crippen LogP contribution >= 0.6 is 0 Å². The van der Waals surface area contributed by atoms with Crippen LogP contribution in [0.5, 0.6) is 0 Å². The van der Waals surface area contributed by atoms with Gasteiger partial charge in [0.25, 0.3) is 0 Å². The van der Waals surface area contributed by atoms with E-state index in [-0.39, 0.29) is 12.5 Å². The summed E-state index contributed by atoms with van der Waals surface area (Å²) >= 11 is 0. The SMILES string of the molecule is CC/C=C\C/C=C\C/C=C\C/C=C\C/C=C\C/C=C\C/C=C\CCCCCCCCCCCCCCCCCCCCCC(=O)NC(COC1OC(CO)C(O)C(O)C1O)C(O)CCCCCCCCCCCCCCCC. The zero-order valence-corrected chi connectivity index (χ0v) is 50.4. The Labute approximate surface area is 480 Å². The van der Waals surface area contributed by atoms with Crippen molar-refractivity contribution in [2.24, 2.45) is 0 Å². The summed E-state index contributed by atoms with van der Waals surface area (Å²) in [6.07, 6.45) is 75.0. The molecule has 0 bridgehead atoms. The highest BCUT2D eigenvalue weighted by atomic mass is 16.7. The zero-order chi connectivity index (χ0) is 56.5. The van der Waals surface area contributed by atoms with Crippen LogP contribution in [0.1, 0.15) is 290 Å². The van der Waals surface area contributed by atoms with Gasteiger partial charge in [-0.25, -0.2) is 0 Å². The molecule has 7 atom stereocenters. The minimum atomic E-state index is -1.55. The number of nitrogens with one attached hydrogen (secondary N) is 1. The van der Waals surface area contributed by atoms with Crippen LogP contribution in [0, 0.1) is 0 Å². The van der Waals surface area contributed by atoms with Crippen molar-refractivity contribution in [3.05, 3.63) is 85.1 Å². The molecule has 0 spiro atoms. The number of hydrogen-bond donors (Lipinski definition) is 6. The summed E-state index contributed by atoms with van der Waals surface area (Å²) in [5.74, 6) is -0.142. The van der Waals surface area contributed by atoms with Gasteiger partial charge in [-0.1, -0.05) is 298 Å². The first-order chi connectivity index (χ1) is 38.3. The van der Waals surface area contributed by atoms with E-state index in [4.69, 9.17) is 9.47 Å². The Morgan fingerprint density at radius 3 is 1.18 bits per heavy atom. The molecular formula is C69H123NO8. The summed E-state index contributed by atoms with van der Waals surface area (Å²) < 4.78 is 11.3. The maximum Gasteiger partial charge on any atom is 0.220 e. The summed E-state index contributed by atoms with van der Waals surface area (Å²) in [5.41, 5.74) is 0. The van der Waals surface area contributed by atoms with Gasteiger partial charge in [-0.05, 0) is 70.6 Å². The molecule has 1 heterocycles. The second-order valence-corrected chi connectivity index (χ2v) is 22.5. The minimum Gasteiger partial charge on any atom is -0.394 e. The average Bonchev–Trinajstić information content (AvgIpc) is 3.46. The third-order valence-electron chi connectivity index (χ3n) is 15.3. The third-order valence-corrected chi connectivity index (χ3v) is 15.3. The second kappa shape index (κ2) is 57.6. The highest BCUT2D eigenvalue weighted by molar-refractivity contribution is 5.76. The fraction of sp³-hybridized carbons (Fsp3) is 0.783. The summed E-state index contributed by atoms with van der Waals surface area (Å²) in [6, 6.07) is -0.720. The smallest absolute Gasteiger partial charge is 0.220 e. The summed E-state index contributed by atoms with van der Waals surface area (Å²) in [4.78, 5) is 13.1. The van der Waals surface area contributed by atoms with E-state index in [9.17, 15) is 30.3 Å². The molecule has 9 nitrogen and oxygen atoms in total. The van der Waals surface area contributed by atoms with Crippen LogP contribution in [0.15, 0.2) is 85.1 Å². The molecule has 0 aromatic carbocycles. The molecule has 1 amide bonds. The molecule has 6 N–H and O–H groups in total. The van der Waals surface area contributed by atoms with Crippen molar-refractivity contribution in [2.75, 3.05) is 13.2 Å². The molecule has 452 valence electrons. The van der Waals surface area contributed by atoms with Crippen molar-refractivity contribution < 1.29 is 39.8 Å². The third kappa shape index (κ3) is 46.0. The molecule has 0 saturated carbocycles. The highest BCUT2D eigenvalue weighted by Gasteiger charge is 2.44. The molecule has 0 aromatic rings. The van der Waals surface area contributed by atoms with Gasteiger partial charge in [-0.15, -0.1) is 0 Å². The monoisotopic (exact) mass is 1090 g/mol. The molecule has 1 fully saturated rings.